The van der Waals surface area contributed by atoms with Gasteiger partial charge in [-0.15, -0.1) is 0 Å². The number of methoxy groups -OCH3 is 1. The van der Waals surface area contributed by atoms with Gasteiger partial charge in [-0.3, -0.25) is 4.79 Å². The summed E-state index contributed by atoms with van der Waals surface area (Å²) in [5.74, 6) is 0.571. The number of thioether (sulfide) groups is 1. The smallest absolute Gasteiger partial charge is 0.250 e. The molecule has 2 aliphatic heterocycles. The summed E-state index contributed by atoms with van der Waals surface area (Å²) in [5.41, 5.74) is 0.798. The first-order valence-corrected chi connectivity index (χ1v) is 11.0. The Bertz CT molecular complexity index is 807. The summed E-state index contributed by atoms with van der Waals surface area (Å²) in [5, 5.41) is 0.489. The van der Waals surface area contributed by atoms with Crippen molar-refractivity contribution in [3.63, 3.8) is 0 Å². The van der Waals surface area contributed by atoms with Crippen LogP contribution in [0.1, 0.15) is 20.3 Å². The lowest BCUT2D eigenvalue weighted by Crippen LogP contribution is -2.37. The molecule has 0 aromatic heterocycles. The molecule has 136 valence electrons. The molecule has 0 unspecified atom stereocenters. The largest absolute Gasteiger partial charge is 0.497 e. The first-order chi connectivity index (χ1) is 11.8. The number of carbonyl (C=O) groups is 1. The molecule has 3 rings (SSSR count). The maximum Gasteiger partial charge on any atom is 0.250 e. The fourth-order valence-electron chi connectivity index (χ4n) is 3.01. The molecule has 6 nitrogen and oxygen atoms in total. The number of carbonyl (C=O) groups excluding carboxylic acids is 1. The third-order valence-electron chi connectivity index (χ3n) is 4.64. The number of hydrogen-bond acceptors (Lipinski definition) is 5. The van der Waals surface area contributed by atoms with Crippen LogP contribution in [0.25, 0.3) is 0 Å². The van der Waals surface area contributed by atoms with E-state index in [9.17, 15) is 13.2 Å². The van der Waals surface area contributed by atoms with Crippen molar-refractivity contribution < 1.29 is 17.9 Å². The van der Waals surface area contributed by atoms with Gasteiger partial charge in [0, 0.05) is 22.9 Å². The number of rotatable bonds is 4. The van der Waals surface area contributed by atoms with Gasteiger partial charge in [0.25, 0.3) is 5.91 Å². The number of hydrogen-bond donors (Lipinski definition) is 0. The molecule has 2 aliphatic rings. The number of fused-ring (bicyclic) bond motifs is 1. The van der Waals surface area contributed by atoms with Crippen molar-refractivity contribution in [2.45, 2.75) is 31.6 Å². The van der Waals surface area contributed by atoms with Gasteiger partial charge in [-0.2, -0.15) is 4.99 Å². The molecule has 0 radical (unpaired) electrons. The Balaban J connectivity index is 2.00. The first-order valence-electron chi connectivity index (χ1n) is 8.27. The van der Waals surface area contributed by atoms with Gasteiger partial charge in [-0.05, 0) is 18.6 Å². The predicted molar refractivity (Wildman–Crippen MR) is 101 cm³/mol. The summed E-state index contributed by atoms with van der Waals surface area (Å²) in [4.78, 5) is 18.5. The fourth-order valence-corrected chi connectivity index (χ4v) is 6.93. The number of benzene rings is 1. The van der Waals surface area contributed by atoms with Crippen molar-refractivity contribution in [2.24, 2.45) is 10.9 Å². The minimum atomic E-state index is -3.07. The summed E-state index contributed by atoms with van der Waals surface area (Å²) in [6, 6.07) is 7.21. The van der Waals surface area contributed by atoms with Crippen LogP contribution in [-0.4, -0.2) is 49.4 Å². The molecule has 1 amide bonds. The van der Waals surface area contributed by atoms with Crippen LogP contribution in [0.15, 0.2) is 29.3 Å². The molecule has 0 aliphatic carbocycles. The molecule has 1 aromatic carbocycles. The first kappa shape index (κ1) is 18.3. The van der Waals surface area contributed by atoms with Gasteiger partial charge in [-0.1, -0.05) is 31.7 Å². The monoisotopic (exact) mass is 382 g/mol. The SMILES string of the molecule is CC[C@@H](C)C(=O)N=C1S[C@H]2CS(=O)(=O)C[C@@H]2N1c1cccc(OC)c1. The van der Waals surface area contributed by atoms with E-state index in [-0.39, 0.29) is 34.6 Å². The Morgan fingerprint density at radius 1 is 1.44 bits per heavy atom. The standard InChI is InChI=1S/C17H22N2O4S2/c1-4-11(2)16(20)18-17-19(12-6-5-7-13(8-12)23-3)14-9-25(21,22)10-15(14)24-17/h5-8,11,14-15H,4,9-10H2,1-3H3/t11-,14+,15+/m1/s1. The van der Waals surface area contributed by atoms with E-state index in [1.165, 1.54) is 11.8 Å². The van der Waals surface area contributed by atoms with E-state index >= 15 is 0 Å². The molecule has 0 saturated carbocycles. The normalized spacial score (nSPS) is 27.3. The minimum Gasteiger partial charge on any atom is -0.497 e. The number of amides is 1. The third kappa shape index (κ3) is 3.69. The van der Waals surface area contributed by atoms with Crippen molar-refractivity contribution >= 4 is 38.4 Å². The summed E-state index contributed by atoms with van der Waals surface area (Å²) in [7, 11) is -1.48. The molecule has 1 aromatic rings. The van der Waals surface area contributed by atoms with Gasteiger partial charge in [-0.25, -0.2) is 8.42 Å². The van der Waals surface area contributed by atoms with Gasteiger partial charge in [0.2, 0.25) is 0 Å². The minimum absolute atomic E-state index is 0.0818. The molecule has 0 spiro atoms. The lowest BCUT2D eigenvalue weighted by Gasteiger charge is -2.25. The van der Waals surface area contributed by atoms with E-state index < -0.39 is 9.84 Å². The second-order valence-electron chi connectivity index (χ2n) is 6.41. The Labute approximate surface area is 152 Å². The van der Waals surface area contributed by atoms with Gasteiger partial charge >= 0.3 is 0 Å². The van der Waals surface area contributed by atoms with Gasteiger partial charge < -0.3 is 9.64 Å². The summed E-state index contributed by atoms with van der Waals surface area (Å²) >= 11 is 1.39. The Morgan fingerprint density at radius 2 is 2.20 bits per heavy atom. The van der Waals surface area contributed by atoms with Crippen LogP contribution in [0.3, 0.4) is 0 Å². The van der Waals surface area contributed by atoms with Crippen LogP contribution >= 0.6 is 11.8 Å². The van der Waals surface area contributed by atoms with Crippen LogP contribution < -0.4 is 9.64 Å². The highest BCUT2D eigenvalue weighted by Crippen LogP contribution is 2.41. The molecule has 8 heteroatoms. The van der Waals surface area contributed by atoms with Crippen LogP contribution in [0.5, 0.6) is 5.75 Å². The van der Waals surface area contributed by atoms with Gasteiger partial charge in [0.05, 0.1) is 24.7 Å². The maximum absolute atomic E-state index is 12.3. The van der Waals surface area contributed by atoms with Gasteiger partial charge in [0.15, 0.2) is 15.0 Å². The highest BCUT2D eigenvalue weighted by Gasteiger charge is 2.49. The Morgan fingerprint density at radius 3 is 2.88 bits per heavy atom. The van der Waals surface area contributed by atoms with Crippen molar-refractivity contribution in [2.75, 3.05) is 23.5 Å². The zero-order chi connectivity index (χ0) is 18.2. The average molecular weight is 383 g/mol. The molecule has 25 heavy (non-hydrogen) atoms. The molecule has 2 heterocycles. The summed E-state index contributed by atoms with van der Waals surface area (Å²) in [6.45, 7) is 3.80. The van der Waals surface area contributed by atoms with Crippen molar-refractivity contribution in [3.05, 3.63) is 24.3 Å². The molecular weight excluding hydrogens is 360 g/mol. The highest BCUT2D eigenvalue weighted by atomic mass is 32.2. The van der Waals surface area contributed by atoms with E-state index in [2.05, 4.69) is 4.99 Å². The molecule has 2 fully saturated rings. The second-order valence-corrected chi connectivity index (χ2v) is 9.77. The Hall–Kier alpha value is -1.54. The lowest BCUT2D eigenvalue weighted by atomic mass is 10.1. The molecule has 2 saturated heterocycles. The quantitative estimate of drug-likeness (QED) is 0.796. The van der Waals surface area contributed by atoms with Crippen molar-refractivity contribution in [1.29, 1.82) is 0 Å². The molecule has 3 atom stereocenters. The lowest BCUT2D eigenvalue weighted by molar-refractivity contribution is -0.121. The number of ether oxygens (including phenoxy) is 1. The highest BCUT2D eigenvalue weighted by molar-refractivity contribution is 8.16. The van der Waals surface area contributed by atoms with Crippen molar-refractivity contribution in [1.82, 2.24) is 0 Å². The van der Waals surface area contributed by atoms with E-state index in [0.717, 1.165) is 12.1 Å². The molecular formula is C17H22N2O4S2. The van der Waals surface area contributed by atoms with Crippen LogP contribution in [0.2, 0.25) is 0 Å². The van der Waals surface area contributed by atoms with Crippen LogP contribution in [-0.2, 0) is 14.6 Å². The second kappa shape index (κ2) is 6.99. The number of aliphatic imine (C=N–C) groups is 1. The molecule has 0 N–H and O–H groups in total. The number of anilines is 1. The van der Waals surface area contributed by atoms with Crippen LogP contribution in [0.4, 0.5) is 5.69 Å². The topological polar surface area (TPSA) is 76.0 Å². The Kier molecular flexibility index (Phi) is 5.11. The van der Waals surface area contributed by atoms with E-state index in [0.29, 0.717) is 10.9 Å². The fraction of sp³-hybridized carbons (Fsp3) is 0.529. The van der Waals surface area contributed by atoms with E-state index in [4.69, 9.17) is 4.74 Å². The van der Waals surface area contributed by atoms with Crippen LogP contribution in [0, 0.1) is 5.92 Å². The number of sulfone groups is 1. The number of amidine groups is 1. The number of nitrogens with zero attached hydrogens (tertiary/aromatic N) is 2. The van der Waals surface area contributed by atoms with E-state index in [1.807, 2.05) is 43.0 Å². The van der Waals surface area contributed by atoms with E-state index in [1.54, 1.807) is 7.11 Å². The zero-order valence-corrected chi connectivity index (χ0v) is 16.1. The molecule has 0 bridgehead atoms. The summed E-state index contributed by atoms with van der Waals surface area (Å²) in [6.07, 6.45) is 0.723. The average Bonchev–Trinajstić information content (AvgIpc) is 3.04. The predicted octanol–water partition coefficient (Wildman–Crippen LogP) is 2.34. The van der Waals surface area contributed by atoms with Gasteiger partial charge in [0.1, 0.15) is 5.75 Å². The third-order valence-corrected chi connectivity index (χ3v) is 7.85. The van der Waals surface area contributed by atoms with Crippen molar-refractivity contribution in [3.8, 4) is 5.75 Å². The zero-order valence-electron chi connectivity index (χ0n) is 14.5. The summed E-state index contributed by atoms with van der Waals surface area (Å²) < 4.78 is 29.4. The maximum atomic E-state index is 12.3.